The number of carbonyl (C=O) groups excluding carboxylic acids is 1. The summed E-state index contributed by atoms with van der Waals surface area (Å²) in [5.74, 6) is 0.198. The highest BCUT2D eigenvalue weighted by atomic mass is 32.2. The van der Waals surface area contributed by atoms with E-state index in [0.717, 1.165) is 44.6 Å². The average Bonchev–Trinajstić information content (AvgIpc) is 2.59. The van der Waals surface area contributed by atoms with Crippen molar-refractivity contribution in [2.75, 3.05) is 43.8 Å². The highest BCUT2D eigenvalue weighted by molar-refractivity contribution is 7.89. The molecule has 0 atom stereocenters. The van der Waals surface area contributed by atoms with Gasteiger partial charge in [0, 0.05) is 45.3 Å². The largest absolute Gasteiger partial charge is 0.326 e. The molecule has 0 aromatic heterocycles. The summed E-state index contributed by atoms with van der Waals surface area (Å²) >= 11 is 0. The topological polar surface area (TPSA) is 69.7 Å². The molecule has 1 amide bonds. The fourth-order valence-corrected chi connectivity index (χ4v) is 4.56. The van der Waals surface area contributed by atoms with Crippen molar-refractivity contribution in [1.29, 1.82) is 0 Å². The van der Waals surface area contributed by atoms with Gasteiger partial charge < -0.3 is 10.2 Å². The highest BCUT2D eigenvalue weighted by Gasteiger charge is 2.25. The molecule has 0 bridgehead atoms. The van der Waals surface area contributed by atoms with E-state index >= 15 is 0 Å². The number of sulfonamides is 1. The second-order valence-electron chi connectivity index (χ2n) is 6.54. The number of hydrogen-bond donors (Lipinski definition) is 1. The van der Waals surface area contributed by atoms with Crippen molar-refractivity contribution < 1.29 is 13.2 Å². The van der Waals surface area contributed by atoms with Crippen LogP contribution < -0.4 is 5.32 Å². The number of anilines is 1. The molecule has 1 N–H and O–H groups in total. The van der Waals surface area contributed by atoms with Gasteiger partial charge in [0.1, 0.15) is 0 Å². The van der Waals surface area contributed by atoms with Crippen molar-refractivity contribution in [2.24, 2.45) is 0 Å². The van der Waals surface area contributed by atoms with Gasteiger partial charge in [-0.2, -0.15) is 4.31 Å². The van der Waals surface area contributed by atoms with Gasteiger partial charge in [0.15, 0.2) is 0 Å². The molecule has 0 unspecified atom stereocenters. The van der Waals surface area contributed by atoms with Crippen LogP contribution >= 0.6 is 0 Å². The first-order valence-electron chi connectivity index (χ1n) is 8.97. The van der Waals surface area contributed by atoms with Crippen LogP contribution in [0, 0.1) is 0 Å². The molecular formula is C18H29N3O3S. The summed E-state index contributed by atoms with van der Waals surface area (Å²) in [6, 6.07) is 7.87. The molecule has 2 rings (SSSR count). The van der Waals surface area contributed by atoms with E-state index in [1.807, 2.05) is 31.2 Å². The molecule has 140 valence electrons. The monoisotopic (exact) mass is 367 g/mol. The lowest BCUT2D eigenvalue weighted by Gasteiger charge is -2.34. The van der Waals surface area contributed by atoms with E-state index in [2.05, 4.69) is 10.2 Å². The zero-order valence-corrected chi connectivity index (χ0v) is 16.0. The van der Waals surface area contributed by atoms with E-state index in [-0.39, 0.29) is 11.7 Å². The Hall–Kier alpha value is -1.44. The molecule has 0 saturated carbocycles. The molecule has 1 aliphatic rings. The molecule has 1 aliphatic heterocycles. The summed E-state index contributed by atoms with van der Waals surface area (Å²) in [5.41, 5.74) is 2.02. The molecule has 0 aliphatic carbocycles. The molecular weight excluding hydrogens is 338 g/mol. The zero-order chi connectivity index (χ0) is 18.3. The van der Waals surface area contributed by atoms with Gasteiger partial charge in [-0.15, -0.1) is 0 Å². The Morgan fingerprint density at radius 2 is 1.76 bits per heavy atom. The fourth-order valence-electron chi connectivity index (χ4n) is 2.93. The Bertz CT molecular complexity index is 651. The van der Waals surface area contributed by atoms with Crippen molar-refractivity contribution >= 4 is 21.6 Å². The third-order valence-corrected chi connectivity index (χ3v) is 6.43. The van der Waals surface area contributed by atoms with Crippen LogP contribution in [-0.2, 0) is 21.2 Å². The van der Waals surface area contributed by atoms with Gasteiger partial charge in [0.05, 0.1) is 5.75 Å². The summed E-state index contributed by atoms with van der Waals surface area (Å²) in [7, 11) is -3.08. The van der Waals surface area contributed by atoms with Gasteiger partial charge in [-0.05, 0) is 30.5 Å². The molecule has 1 fully saturated rings. The summed E-state index contributed by atoms with van der Waals surface area (Å²) < 4.78 is 26.1. The lowest BCUT2D eigenvalue weighted by atomic mass is 10.1. The van der Waals surface area contributed by atoms with Crippen LogP contribution in [0.5, 0.6) is 0 Å². The van der Waals surface area contributed by atoms with Gasteiger partial charge >= 0.3 is 0 Å². The van der Waals surface area contributed by atoms with E-state index in [0.29, 0.717) is 13.1 Å². The third kappa shape index (κ3) is 6.41. The number of hydrogen-bond acceptors (Lipinski definition) is 4. The number of carbonyl (C=O) groups is 1. The van der Waals surface area contributed by atoms with Crippen molar-refractivity contribution in [1.82, 2.24) is 9.21 Å². The molecule has 1 aromatic carbocycles. The molecule has 6 nitrogen and oxygen atoms in total. The van der Waals surface area contributed by atoms with Crippen molar-refractivity contribution in [3.8, 4) is 0 Å². The van der Waals surface area contributed by atoms with Gasteiger partial charge in [0.25, 0.3) is 0 Å². The Morgan fingerprint density at radius 3 is 2.32 bits per heavy atom. The Kier molecular flexibility index (Phi) is 7.40. The van der Waals surface area contributed by atoms with Crippen LogP contribution in [0.25, 0.3) is 0 Å². The van der Waals surface area contributed by atoms with E-state index in [1.54, 1.807) is 4.31 Å². The van der Waals surface area contributed by atoms with Gasteiger partial charge in [-0.3, -0.25) is 4.79 Å². The first-order valence-corrected chi connectivity index (χ1v) is 10.6. The lowest BCUT2D eigenvalue weighted by molar-refractivity contribution is -0.114. The van der Waals surface area contributed by atoms with Crippen LogP contribution in [0.1, 0.15) is 32.3 Å². The smallest absolute Gasteiger partial charge is 0.221 e. The highest BCUT2D eigenvalue weighted by Crippen LogP contribution is 2.13. The number of nitrogens with zero attached hydrogens (tertiary/aromatic N) is 2. The molecule has 1 heterocycles. The summed E-state index contributed by atoms with van der Waals surface area (Å²) in [4.78, 5) is 13.3. The Labute approximate surface area is 151 Å². The van der Waals surface area contributed by atoms with Crippen molar-refractivity contribution in [3.05, 3.63) is 29.8 Å². The molecule has 0 radical (unpaired) electrons. The van der Waals surface area contributed by atoms with Gasteiger partial charge in [0.2, 0.25) is 15.9 Å². The standard InChI is InChI=1S/C18H29N3O3S/c1-3-4-15-25(23,24)21-13-11-20(12-14-21)10-9-17-5-7-18(8-6-17)19-16(2)22/h5-8H,3-4,9-15H2,1-2H3,(H,19,22). The predicted octanol–water partition coefficient (Wildman–Crippen LogP) is 1.93. The predicted molar refractivity (Wildman–Crippen MR) is 101 cm³/mol. The normalized spacial score (nSPS) is 16.7. The maximum atomic E-state index is 12.2. The summed E-state index contributed by atoms with van der Waals surface area (Å²) in [6.07, 6.45) is 2.56. The fraction of sp³-hybridized carbons (Fsp3) is 0.611. The minimum Gasteiger partial charge on any atom is -0.326 e. The number of benzene rings is 1. The summed E-state index contributed by atoms with van der Waals surface area (Å²) in [5, 5.41) is 2.76. The van der Waals surface area contributed by atoms with Crippen LogP contribution in [0.3, 0.4) is 0 Å². The first-order chi connectivity index (χ1) is 11.9. The molecule has 0 spiro atoms. The average molecular weight is 368 g/mol. The Morgan fingerprint density at radius 1 is 1.12 bits per heavy atom. The number of piperazine rings is 1. The molecule has 1 saturated heterocycles. The zero-order valence-electron chi connectivity index (χ0n) is 15.2. The first kappa shape index (κ1) is 19.9. The van der Waals surface area contributed by atoms with Crippen LogP contribution in [0.15, 0.2) is 24.3 Å². The van der Waals surface area contributed by atoms with E-state index in [9.17, 15) is 13.2 Å². The van der Waals surface area contributed by atoms with Crippen LogP contribution in [-0.4, -0.2) is 62.0 Å². The Balaban J connectivity index is 1.76. The maximum absolute atomic E-state index is 12.2. The number of nitrogens with one attached hydrogen (secondary N) is 1. The quantitative estimate of drug-likeness (QED) is 0.762. The molecule has 1 aromatic rings. The van der Waals surface area contributed by atoms with Gasteiger partial charge in [-0.1, -0.05) is 25.5 Å². The van der Waals surface area contributed by atoms with Gasteiger partial charge in [-0.25, -0.2) is 8.42 Å². The second-order valence-corrected chi connectivity index (χ2v) is 8.63. The van der Waals surface area contributed by atoms with E-state index < -0.39 is 10.0 Å². The SMILES string of the molecule is CCCCS(=O)(=O)N1CCN(CCc2ccc(NC(C)=O)cc2)CC1. The maximum Gasteiger partial charge on any atom is 0.221 e. The van der Waals surface area contributed by atoms with Crippen molar-refractivity contribution in [3.63, 3.8) is 0 Å². The van der Waals surface area contributed by atoms with E-state index in [4.69, 9.17) is 0 Å². The summed E-state index contributed by atoms with van der Waals surface area (Å²) in [6.45, 7) is 7.18. The van der Waals surface area contributed by atoms with Crippen molar-refractivity contribution in [2.45, 2.75) is 33.1 Å². The molecule has 25 heavy (non-hydrogen) atoms. The second kappa shape index (κ2) is 9.31. The minimum atomic E-state index is -3.08. The number of rotatable bonds is 8. The molecule has 7 heteroatoms. The lowest BCUT2D eigenvalue weighted by Crippen LogP contribution is -2.49. The van der Waals surface area contributed by atoms with Crippen LogP contribution in [0.4, 0.5) is 5.69 Å². The van der Waals surface area contributed by atoms with Crippen LogP contribution in [0.2, 0.25) is 0 Å². The number of unbranched alkanes of at least 4 members (excludes halogenated alkanes) is 1. The van der Waals surface area contributed by atoms with E-state index in [1.165, 1.54) is 12.5 Å². The third-order valence-electron chi connectivity index (χ3n) is 4.47. The minimum absolute atomic E-state index is 0.0699. The number of amides is 1.